The van der Waals surface area contributed by atoms with Crippen molar-refractivity contribution in [3.05, 3.63) is 63.4 Å². The first-order chi connectivity index (χ1) is 15.9. The minimum absolute atomic E-state index is 0.00675. The number of hydrogen-bond donors (Lipinski definition) is 1. The Morgan fingerprint density at radius 2 is 2.09 bits per heavy atom. The SMILES string of the molecule is O=C(CSc1nnc(-c2ccc(F)cc2)n1CC1CCCO1)Nc1ccc([N+](=O)[O-])cc1Cl. The van der Waals surface area contributed by atoms with Crippen LogP contribution in [0.3, 0.4) is 0 Å². The number of ether oxygens (including phenoxy) is 1. The molecule has 12 heteroatoms. The van der Waals surface area contributed by atoms with Crippen LogP contribution >= 0.6 is 23.4 Å². The van der Waals surface area contributed by atoms with E-state index in [1.54, 1.807) is 12.1 Å². The molecule has 2 heterocycles. The average Bonchev–Trinajstić information content (AvgIpc) is 3.45. The van der Waals surface area contributed by atoms with E-state index in [0.29, 0.717) is 29.7 Å². The van der Waals surface area contributed by atoms with Crippen molar-refractivity contribution in [3.8, 4) is 11.4 Å². The maximum absolute atomic E-state index is 13.4. The van der Waals surface area contributed by atoms with Crippen LogP contribution in [0.2, 0.25) is 5.02 Å². The lowest BCUT2D eigenvalue weighted by atomic mass is 10.2. The summed E-state index contributed by atoms with van der Waals surface area (Å²) in [7, 11) is 0. The van der Waals surface area contributed by atoms with Crippen LogP contribution in [0.25, 0.3) is 11.4 Å². The summed E-state index contributed by atoms with van der Waals surface area (Å²) in [4.78, 5) is 22.8. The fraction of sp³-hybridized carbons (Fsp3) is 0.286. The maximum atomic E-state index is 13.4. The van der Waals surface area contributed by atoms with E-state index >= 15 is 0 Å². The smallest absolute Gasteiger partial charge is 0.271 e. The number of thioether (sulfide) groups is 1. The summed E-state index contributed by atoms with van der Waals surface area (Å²) in [6, 6.07) is 9.80. The number of nitro benzene ring substituents is 1. The molecule has 0 radical (unpaired) electrons. The fourth-order valence-corrected chi connectivity index (χ4v) is 4.37. The molecule has 1 aliphatic rings. The second-order valence-electron chi connectivity index (χ2n) is 7.32. The minimum Gasteiger partial charge on any atom is -0.376 e. The van der Waals surface area contributed by atoms with E-state index in [4.69, 9.17) is 16.3 Å². The van der Waals surface area contributed by atoms with Gasteiger partial charge in [0, 0.05) is 24.3 Å². The summed E-state index contributed by atoms with van der Waals surface area (Å²) in [5.74, 6) is -0.127. The lowest BCUT2D eigenvalue weighted by Gasteiger charge is -2.15. The second-order valence-corrected chi connectivity index (χ2v) is 8.67. The third-order valence-corrected chi connectivity index (χ3v) is 6.28. The number of anilines is 1. The number of nitrogens with one attached hydrogen (secondary N) is 1. The van der Waals surface area contributed by atoms with E-state index in [9.17, 15) is 19.3 Å². The van der Waals surface area contributed by atoms with Crippen LogP contribution in [0, 0.1) is 15.9 Å². The standard InChI is InChI=1S/C21H19ClFN5O4S/c22-17-10-15(28(30)31)7-8-18(17)24-19(29)12-33-21-26-25-20(13-3-5-14(23)6-4-13)27(21)11-16-2-1-9-32-16/h3-8,10,16H,1-2,9,11-12H2,(H,24,29). The predicted octanol–water partition coefficient (Wildman–Crippen LogP) is 4.56. The fourth-order valence-electron chi connectivity index (χ4n) is 3.40. The Labute approximate surface area is 197 Å². The molecule has 1 saturated heterocycles. The van der Waals surface area contributed by atoms with E-state index in [2.05, 4.69) is 15.5 Å². The Kier molecular flexibility index (Phi) is 7.21. The van der Waals surface area contributed by atoms with Crippen molar-refractivity contribution in [2.45, 2.75) is 30.6 Å². The molecule has 1 unspecified atom stereocenters. The first-order valence-corrected chi connectivity index (χ1v) is 11.4. The molecule has 172 valence electrons. The summed E-state index contributed by atoms with van der Waals surface area (Å²) >= 11 is 7.23. The summed E-state index contributed by atoms with van der Waals surface area (Å²) in [5, 5.41) is 22.6. The van der Waals surface area contributed by atoms with Gasteiger partial charge in [0.25, 0.3) is 5.69 Å². The maximum Gasteiger partial charge on any atom is 0.271 e. The zero-order valence-corrected chi connectivity index (χ0v) is 18.8. The molecule has 1 aromatic heterocycles. The number of amides is 1. The zero-order valence-electron chi connectivity index (χ0n) is 17.2. The quantitative estimate of drug-likeness (QED) is 0.279. The number of hydrogen-bond acceptors (Lipinski definition) is 7. The van der Waals surface area contributed by atoms with Crippen molar-refractivity contribution in [3.63, 3.8) is 0 Å². The molecule has 1 atom stereocenters. The molecule has 3 aromatic rings. The van der Waals surface area contributed by atoms with Crippen LogP contribution in [0.1, 0.15) is 12.8 Å². The molecule has 1 fully saturated rings. The number of carbonyl (C=O) groups is 1. The molecule has 0 bridgehead atoms. The highest BCUT2D eigenvalue weighted by atomic mass is 35.5. The van der Waals surface area contributed by atoms with Crippen LogP contribution in [-0.2, 0) is 16.1 Å². The van der Waals surface area contributed by atoms with Crippen molar-refractivity contribution < 1.29 is 18.8 Å². The first-order valence-electron chi connectivity index (χ1n) is 10.1. The van der Waals surface area contributed by atoms with Crippen molar-refractivity contribution in [1.82, 2.24) is 14.8 Å². The van der Waals surface area contributed by atoms with E-state index in [0.717, 1.165) is 12.8 Å². The molecular weight excluding hydrogens is 473 g/mol. The van der Waals surface area contributed by atoms with Crippen molar-refractivity contribution in [1.29, 1.82) is 0 Å². The molecule has 1 amide bonds. The van der Waals surface area contributed by atoms with Crippen LogP contribution in [0.15, 0.2) is 47.6 Å². The largest absolute Gasteiger partial charge is 0.376 e. The van der Waals surface area contributed by atoms with Crippen LogP contribution in [0.4, 0.5) is 15.8 Å². The molecule has 4 rings (SSSR count). The Morgan fingerprint density at radius 1 is 1.30 bits per heavy atom. The van der Waals surface area contributed by atoms with Gasteiger partial charge in [-0.25, -0.2) is 4.39 Å². The molecular formula is C21H19ClFN5O4S. The number of benzene rings is 2. The van der Waals surface area contributed by atoms with Gasteiger partial charge in [-0.1, -0.05) is 23.4 Å². The Hall–Kier alpha value is -3.02. The van der Waals surface area contributed by atoms with Crippen LogP contribution < -0.4 is 5.32 Å². The highest BCUT2D eigenvalue weighted by Gasteiger charge is 2.22. The molecule has 0 aliphatic carbocycles. The van der Waals surface area contributed by atoms with Crippen molar-refractivity contribution in [2.24, 2.45) is 0 Å². The molecule has 0 spiro atoms. The van der Waals surface area contributed by atoms with Gasteiger partial charge in [0.2, 0.25) is 5.91 Å². The number of nitrogens with zero attached hydrogens (tertiary/aromatic N) is 4. The summed E-state index contributed by atoms with van der Waals surface area (Å²) in [5.41, 5.74) is 0.819. The Balaban J connectivity index is 1.48. The van der Waals surface area contributed by atoms with E-state index in [1.807, 2.05) is 4.57 Å². The lowest BCUT2D eigenvalue weighted by molar-refractivity contribution is -0.384. The number of rotatable bonds is 8. The topological polar surface area (TPSA) is 112 Å². The van der Waals surface area contributed by atoms with Gasteiger partial charge in [-0.15, -0.1) is 10.2 Å². The van der Waals surface area contributed by atoms with Gasteiger partial charge < -0.3 is 10.1 Å². The van der Waals surface area contributed by atoms with Gasteiger partial charge in [-0.2, -0.15) is 0 Å². The second kappa shape index (κ2) is 10.3. The molecule has 0 saturated carbocycles. The Bertz CT molecular complexity index is 1170. The van der Waals surface area contributed by atoms with Crippen molar-refractivity contribution >= 4 is 40.6 Å². The average molecular weight is 492 g/mol. The molecule has 33 heavy (non-hydrogen) atoms. The third kappa shape index (κ3) is 5.67. The molecule has 2 aromatic carbocycles. The van der Waals surface area contributed by atoms with E-state index < -0.39 is 4.92 Å². The number of carbonyl (C=O) groups excluding carboxylic acids is 1. The monoisotopic (exact) mass is 491 g/mol. The predicted molar refractivity (Wildman–Crippen MR) is 122 cm³/mol. The van der Waals surface area contributed by atoms with Gasteiger partial charge >= 0.3 is 0 Å². The van der Waals surface area contributed by atoms with Crippen molar-refractivity contribution in [2.75, 3.05) is 17.7 Å². The van der Waals surface area contributed by atoms with Gasteiger partial charge in [0.15, 0.2) is 11.0 Å². The Morgan fingerprint density at radius 3 is 2.76 bits per heavy atom. The van der Waals surface area contributed by atoms with E-state index in [1.165, 1.54) is 42.1 Å². The number of aromatic nitrogens is 3. The minimum atomic E-state index is -0.563. The number of halogens is 2. The molecule has 1 N–H and O–H groups in total. The van der Waals surface area contributed by atoms with Crippen LogP contribution in [0.5, 0.6) is 0 Å². The number of non-ortho nitro benzene ring substituents is 1. The number of nitro groups is 1. The van der Waals surface area contributed by atoms with E-state index in [-0.39, 0.29) is 40.0 Å². The highest BCUT2D eigenvalue weighted by Crippen LogP contribution is 2.29. The normalized spacial score (nSPS) is 15.5. The van der Waals surface area contributed by atoms with Gasteiger partial charge in [0.1, 0.15) is 5.82 Å². The summed E-state index contributed by atoms with van der Waals surface area (Å²) in [6.07, 6.45) is 1.89. The molecule has 9 nitrogen and oxygen atoms in total. The zero-order chi connectivity index (χ0) is 23.4. The summed E-state index contributed by atoms with van der Waals surface area (Å²) in [6.45, 7) is 1.21. The lowest BCUT2D eigenvalue weighted by Crippen LogP contribution is -2.18. The van der Waals surface area contributed by atoms with Gasteiger partial charge in [0.05, 0.1) is 34.0 Å². The summed E-state index contributed by atoms with van der Waals surface area (Å²) < 4.78 is 21.0. The third-order valence-electron chi connectivity index (χ3n) is 5.00. The van der Waals surface area contributed by atoms with Crippen LogP contribution in [-0.4, -0.2) is 44.1 Å². The first kappa shape index (κ1) is 23.1. The highest BCUT2D eigenvalue weighted by molar-refractivity contribution is 7.99. The van der Waals surface area contributed by atoms with Gasteiger partial charge in [-0.05, 0) is 43.2 Å². The molecule has 1 aliphatic heterocycles. The van der Waals surface area contributed by atoms with Gasteiger partial charge in [-0.3, -0.25) is 19.5 Å².